The van der Waals surface area contributed by atoms with E-state index in [0.29, 0.717) is 19.1 Å². The quantitative estimate of drug-likeness (QED) is 0.761. The van der Waals surface area contributed by atoms with Crippen molar-refractivity contribution in [2.24, 2.45) is 0 Å². The first-order valence-electron chi connectivity index (χ1n) is 8.28. The van der Waals surface area contributed by atoms with Gasteiger partial charge in [0.2, 0.25) is 5.91 Å². The fourth-order valence-electron chi connectivity index (χ4n) is 2.75. The number of rotatable bonds is 3. The summed E-state index contributed by atoms with van der Waals surface area (Å²) in [7, 11) is -0.483. The van der Waals surface area contributed by atoms with Gasteiger partial charge in [-0.3, -0.25) is 4.79 Å². The Labute approximate surface area is 142 Å². The van der Waals surface area contributed by atoms with E-state index < -0.39 is 18.3 Å². The topological polar surface area (TPSA) is 73.8 Å². The number of hydrogen-bond donors (Lipinski definition) is 0. The van der Waals surface area contributed by atoms with Crippen molar-refractivity contribution < 1.29 is 18.8 Å². The van der Waals surface area contributed by atoms with E-state index in [9.17, 15) is 4.79 Å². The highest BCUT2D eigenvalue weighted by atomic mass is 16.7. The lowest BCUT2D eigenvalue weighted by molar-refractivity contribution is -0.128. The molecule has 1 atom stereocenters. The van der Waals surface area contributed by atoms with E-state index in [1.165, 1.54) is 0 Å². The SMILES string of the molecule is CC(=O)N1CCC(Oc2ncc(B3OC(C)(C)C(C)(C)O3)cn2)C1. The van der Waals surface area contributed by atoms with E-state index in [4.69, 9.17) is 14.0 Å². The number of aromatic nitrogens is 2. The van der Waals surface area contributed by atoms with Gasteiger partial charge in [0.1, 0.15) is 6.10 Å². The Balaban J connectivity index is 1.62. The number of ether oxygens (including phenoxy) is 1. The zero-order chi connectivity index (χ0) is 17.5. The average molecular weight is 333 g/mol. The van der Waals surface area contributed by atoms with Crippen molar-refractivity contribution in [2.45, 2.75) is 58.3 Å². The van der Waals surface area contributed by atoms with Gasteiger partial charge in [-0.2, -0.15) is 0 Å². The van der Waals surface area contributed by atoms with Gasteiger partial charge in [0.15, 0.2) is 0 Å². The first-order chi connectivity index (χ1) is 11.2. The van der Waals surface area contributed by atoms with Crippen LogP contribution in [-0.4, -0.2) is 58.3 Å². The Morgan fingerprint density at radius 2 is 1.83 bits per heavy atom. The third-order valence-corrected chi connectivity index (χ3v) is 5.04. The van der Waals surface area contributed by atoms with Crippen LogP contribution >= 0.6 is 0 Å². The highest BCUT2D eigenvalue weighted by Gasteiger charge is 2.52. The Bertz CT molecular complexity index is 604. The van der Waals surface area contributed by atoms with Crippen LogP contribution in [0.2, 0.25) is 0 Å². The van der Waals surface area contributed by atoms with E-state index in [0.717, 1.165) is 11.9 Å². The third kappa shape index (κ3) is 3.25. The zero-order valence-corrected chi connectivity index (χ0v) is 14.9. The summed E-state index contributed by atoms with van der Waals surface area (Å²) in [4.78, 5) is 21.6. The molecule has 0 aliphatic carbocycles. The lowest BCUT2D eigenvalue weighted by Gasteiger charge is -2.32. The molecule has 1 aromatic heterocycles. The van der Waals surface area contributed by atoms with Crippen molar-refractivity contribution >= 4 is 18.5 Å². The van der Waals surface area contributed by atoms with Gasteiger partial charge in [-0.1, -0.05) is 0 Å². The predicted octanol–water partition coefficient (Wildman–Crippen LogP) is 0.775. The molecule has 0 saturated carbocycles. The van der Waals surface area contributed by atoms with E-state index in [1.807, 2.05) is 27.7 Å². The van der Waals surface area contributed by atoms with Gasteiger partial charge in [0.25, 0.3) is 0 Å². The second kappa shape index (κ2) is 6.00. The van der Waals surface area contributed by atoms with Crippen molar-refractivity contribution in [3.63, 3.8) is 0 Å². The molecule has 24 heavy (non-hydrogen) atoms. The maximum absolute atomic E-state index is 11.4. The zero-order valence-electron chi connectivity index (χ0n) is 14.9. The van der Waals surface area contributed by atoms with Crippen LogP contribution in [0, 0.1) is 0 Å². The molecule has 2 saturated heterocycles. The molecule has 1 unspecified atom stereocenters. The standard InChI is InChI=1S/C16H24BN3O4/c1-11(21)20-7-6-13(10-20)22-14-18-8-12(9-19-14)17-23-15(2,3)16(4,5)24-17/h8-9,13H,6-7,10H2,1-5H3. The van der Waals surface area contributed by atoms with Crippen LogP contribution in [0.1, 0.15) is 41.0 Å². The molecule has 3 rings (SSSR count). The fourth-order valence-corrected chi connectivity index (χ4v) is 2.75. The van der Waals surface area contributed by atoms with E-state index >= 15 is 0 Å². The molecule has 1 amide bonds. The van der Waals surface area contributed by atoms with E-state index in [1.54, 1.807) is 24.2 Å². The maximum Gasteiger partial charge on any atom is 0.498 e. The third-order valence-electron chi connectivity index (χ3n) is 5.04. The van der Waals surface area contributed by atoms with Crippen LogP contribution in [0.25, 0.3) is 0 Å². The normalized spacial score (nSPS) is 25.1. The van der Waals surface area contributed by atoms with Crippen LogP contribution in [-0.2, 0) is 14.1 Å². The van der Waals surface area contributed by atoms with Crippen LogP contribution in [0.3, 0.4) is 0 Å². The molecule has 0 N–H and O–H groups in total. The second-order valence-corrected chi connectivity index (χ2v) is 7.38. The molecule has 130 valence electrons. The molecule has 2 aliphatic rings. The number of hydrogen-bond acceptors (Lipinski definition) is 6. The van der Waals surface area contributed by atoms with Gasteiger partial charge in [-0.25, -0.2) is 9.97 Å². The molecular formula is C16H24BN3O4. The number of amides is 1. The molecular weight excluding hydrogens is 309 g/mol. The summed E-state index contributed by atoms with van der Waals surface area (Å²) in [6, 6.07) is 0.311. The predicted molar refractivity (Wildman–Crippen MR) is 89.0 cm³/mol. The van der Waals surface area contributed by atoms with Gasteiger partial charge >= 0.3 is 13.1 Å². The fraction of sp³-hybridized carbons (Fsp3) is 0.688. The Morgan fingerprint density at radius 3 is 2.33 bits per heavy atom. The van der Waals surface area contributed by atoms with Gasteiger partial charge in [-0.15, -0.1) is 0 Å². The van der Waals surface area contributed by atoms with Crippen molar-refractivity contribution in [3.05, 3.63) is 12.4 Å². The highest BCUT2D eigenvalue weighted by Crippen LogP contribution is 2.36. The minimum Gasteiger partial charge on any atom is -0.458 e. The summed E-state index contributed by atoms with van der Waals surface area (Å²) in [6.07, 6.45) is 4.07. The Morgan fingerprint density at radius 1 is 1.25 bits per heavy atom. The molecule has 8 heteroatoms. The molecule has 0 aromatic carbocycles. The number of carbonyl (C=O) groups excluding carboxylic acids is 1. The molecule has 2 fully saturated rings. The van der Waals surface area contributed by atoms with Crippen molar-refractivity contribution in [1.29, 1.82) is 0 Å². The molecule has 7 nitrogen and oxygen atoms in total. The largest absolute Gasteiger partial charge is 0.498 e. The summed E-state index contributed by atoms with van der Waals surface area (Å²) in [5.41, 5.74) is -0.0302. The van der Waals surface area contributed by atoms with Gasteiger partial charge in [-0.05, 0) is 27.7 Å². The monoisotopic (exact) mass is 333 g/mol. The van der Waals surface area contributed by atoms with Gasteiger partial charge in [0, 0.05) is 37.7 Å². The smallest absolute Gasteiger partial charge is 0.458 e. The first-order valence-corrected chi connectivity index (χ1v) is 8.28. The lowest BCUT2D eigenvalue weighted by atomic mass is 9.81. The molecule has 1 aromatic rings. The molecule has 2 aliphatic heterocycles. The molecule has 3 heterocycles. The van der Waals surface area contributed by atoms with E-state index in [2.05, 4.69) is 9.97 Å². The summed E-state index contributed by atoms with van der Waals surface area (Å²) in [6.45, 7) is 10.9. The van der Waals surface area contributed by atoms with Crippen molar-refractivity contribution in [2.75, 3.05) is 13.1 Å². The van der Waals surface area contributed by atoms with Crippen LogP contribution in [0.4, 0.5) is 0 Å². The van der Waals surface area contributed by atoms with Crippen LogP contribution < -0.4 is 10.2 Å². The summed E-state index contributed by atoms with van der Waals surface area (Å²) in [5, 5.41) is 0. The first kappa shape index (κ1) is 17.2. The minimum atomic E-state index is -0.483. The Kier molecular flexibility index (Phi) is 4.29. The molecule has 0 radical (unpaired) electrons. The highest BCUT2D eigenvalue weighted by molar-refractivity contribution is 6.61. The van der Waals surface area contributed by atoms with Crippen molar-refractivity contribution in [1.82, 2.24) is 14.9 Å². The van der Waals surface area contributed by atoms with Gasteiger partial charge in [0.05, 0.1) is 17.7 Å². The lowest BCUT2D eigenvalue weighted by Crippen LogP contribution is -2.41. The number of likely N-dealkylation sites (tertiary alicyclic amines) is 1. The van der Waals surface area contributed by atoms with Gasteiger partial charge < -0.3 is 18.9 Å². The van der Waals surface area contributed by atoms with E-state index in [-0.39, 0.29) is 12.0 Å². The second-order valence-electron chi connectivity index (χ2n) is 7.38. The molecule has 0 spiro atoms. The number of carbonyl (C=O) groups is 1. The maximum atomic E-state index is 11.4. The summed E-state index contributed by atoms with van der Waals surface area (Å²) < 4.78 is 17.7. The Hall–Kier alpha value is -1.67. The average Bonchev–Trinajstić information content (AvgIpc) is 3.03. The number of nitrogens with zero attached hydrogens (tertiary/aromatic N) is 3. The molecule has 0 bridgehead atoms. The summed E-state index contributed by atoms with van der Waals surface area (Å²) in [5.74, 6) is 0.0677. The minimum absolute atomic E-state index is 0.0587. The van der Waals surface area contributed by atoms with Crippen molar-refractivity contribution in [3.8, 4) is 6.01 Å². The van der Waals surface area contributed by atoms with Crippen LogP contribution in [0.15, 0.2) is 12.4 Å². The summed E-state index contributed by atoms with van der Waals surface area (Å²) >= 11 is 0. The van der Waals surface area contributed by atoms with Crippen LogP contribution in [0.5, 0.6) is 6.01 Å².